The van der Waals surface area contributed by atoms with Crippen LogP contribution >= 0.6 is 7.82 Å². The molecule has 0 aliphatic carbocycles. The lowest BCUT2D eigenvalue weighted by Crippen LogP contribution is -2.80. The number of carbonyl (C=O) groups excluding carboxylic acids is 2. The second-order valence-corrected chi connectivity index (χ2v) is 20.7. The van der Waals surface area contributed by atoms with Crippen LogP contribution in [-0.4, -0.2) is 51.5 Å². The van der Waals surface area contributed by atoms with Gasteiger partial charge in [0.2, 0.25) is 0 Å². The Morgan fingerprint density at radius 3 is 1.08 bits per heavy atom. The normalized spacial score (nSPS) is 11.8. The van der Waals surface area contributed by atoms with E-state index in [4.69, 9.17) is 18.5 Å². The molecule has 0 rings (SSSR count). The monoisotopic (exact) mass is 1030 g/mol. The fourth-order valence-electron chi connectivity index (χ4n) is 8.03. The highest BCUT2D eigenvalue weighted by Gasteiger charge is 2.21. The largest absolute Gasteiger partial charge is 0.756 e. The first kappa shape index (κ1) is 71.3. The number of ether oxygens (including phenoxy) is 2. The Morgan fingerprint density at radius 2 is 0.750 bits per heavy atom. The molecule has 9 nitrogen and oxygen atoms in total. The third-order valence-corrected chi connectivity index (χ3v) is 13.4. The van der Waals surface area contributed by atoms with Crippen molar-refractivity contribution in [1.29, 1.82) is 0 Å². The minimum absolute atomic E-state index is 0.0461. The fraction of sp³-hybridized carbons (Fsp3) is 0.839. The van der Waals surface area contributed by atoms with Crippen molar-refractivity contribution >= 4 is 19.8 Å². The fourth-order valence-corrected chi connectivity index (χ4v) is 8.78. The number of nitrogens with two attached hydrogens (primary N) is 1. The first-order valence-corrected chi connectivity index (χ1v) is 31.4. The Morgan fingerprint density at radius 1 is 0.444 bits per heavy atom. The number of quaternary nitrogens is 1. The summed E-state index contributed by atoms with van der Waals surface area (Å²) in [5.74, 6) is 23.6. The number of carbonyl (C=O) groups is 2. The van der Waals surface area contributed by atoms with Gasteiger partial charge in [0.05, 0.1) is 20.2 Å². The van der Waals surface area contributed by atoms with Crippen molar-refractivity contribution in [3.63, 3.8) is 0 Å². The molecule has 0 saturated heterocycles. The number of phosphoric ester groups is 1. The third kappa shape index (κ3) is 59.8. The van der Waals surface area contributed by atoms with Crippen molar-refractivity contribution < 1.29 is 42.9 Å². The van der Waals surface area contributed by atoms with Crippen LogP contribution in [0.1, 0.15) is 297 Å². The lowest BCUT2D eigenvalue weighted by atomic mass is 10.0. The van der Waals surface area contributed by atoms with Gasteiger partial charge in [0.25, 0.3) is 7.82 Å². The van der Waals surface area contributed by atoms with Crippen LogP contribution in [-0.2, 0) is 32.7 Å². The van der Waals surface area contributed by atoms with Gasteiger partial charge in [-0.1, -0.05) is 244 Å². The van der Waals surface area contributed by atoms with Gasteiger partial charge < -0.3 is 28.7 Å². The molecule has 72 heavy (non-hydrogen) atoms. The average molecular weight is 1030 g/mol. The summed E-state index contributed by atoms with van der Waals surface area (Å²) >= 11 is 0. The number of hydrogen-bond donors (Lipinski definition) is 1. The van der Waals surface area contributed by atoms with E-state index in [-0.39, 0.29) is 26.1 Å². The van der Waals surface area contributed by atoms with Crippen LogP contribution in [0.5, 0.6) is 0 Å². The average Bonchev–Trinajstić information content (AvgIpc) is 3.38. The van der Waals surface area contributed by atoms with Crippen molar-refractivity contribution in [3.05, 3.63) is 0 Å². The van der Waals surface area contributed by atoms with E-state index in [0.29, 0.717) is 19.4 Å². The van der Waals surface area contributed by atoms with Gasteiger partial charge >= 0.3 is 11.9 Å². The molecule has 0 aromatic carbocycles. The summed E-state index contributed by atoms with van der Waals surface area (Å²) in [6.07, 6.45) is 47.3. The topological polar surface area (TPSA) is 128 Å². The molecular weight excluding hydrogens is 918 g/mol. The number of hydrogen-bond acceptors (Lipinski definition) is 8. The zero-order valence-electron chi connectivity index (χ0n) is 47.4. The molecule has 0 aliphatic heterocycles. The standard InChI is InChI=1S/C60H104NO8P.C2H6/c1-4-6-8-10-12-14-16-18-20-22-24-26-28-30-32-34-36-38-40-42-44-46-48-50-52-59(62)66-56-58(57-68-70(64,65)67-55-54-61-3)69-60(63)53-51-49-47-45-43-41-39-37-35-33-31-29-27-25-23-21-19-17-15-13-11-9-7-5-2;1-2/h58,61H,4-33,42-57H2,1-3H3,(H,64,65);1-2H3. The van der Waals surface area contributed by atoms with E-state index in [9.17, 15) is 19.0 Å². The molecule has 416 valence electrons. The highest BCUT2D eigenvalue weighted by atomic mass is 31.2. The zero-order valence-corrected chi connectivity index (χ0v) is 48.3. The molecule has 0 aliphatic rings. The quantitative estimate of drug-likeness (QED) is 0.0276. The molecule has 0 bridgehead atoms. The van der Waals surface area contributed by atoms with E-state index < -0.39 is 32.5 Å². The zero-order chi connectivity index (χ0) is 53.0. The Kier molecular flexibility index (Phi) is 60.2. The maximum absolute atomic E-state index is 12.7. The second kappa shape index (κ2) is 60.8. The van der Waals surface area contributed by atoms with E-state index >= 15 is 0 Å². The van der Waals surface area contributed by atoms with Crippen molar-refractivity contribution in [3.8, 4) is 47.4 Å². The van der Waals surface area contributed by atoms with E-state index in [0.717, 1.165) is 77.0 Å². The molecule has 0 aromatic rings. The van der Waals surface area contributed by atoms with E-state index in [2.05, 4.69) is 61.2 Å². The Labute approximate surface area is 445 Å². The highest BCUT2D eigenvalue weighted by Crippen LogP contribution is 2.38. The predicted octanol–water partition coefficient (Wildman–Crippen LogP) is 15.6. The molecular formula is C62H110NO8P. The maximum Gasteiger partial charge on any atom is 0.306 e. The Balaban J connectivity index is 0. The van der Waals surface area contributed by atoms with Gasteiger partial charge in [0.1, 0.15) is 13.2 Å². The number of unbranched alkanes of at least 4 members (excludes halogenated alkanes) is 36. The van der Waals surface area contributed by atoms with Crippen LogP contribution in [0.4, 0.5) is 0 Å². The van der Waals surface area contributed by atoms with Crippen LogP contribution in [0.15, 0.2) is 0 Å². The summed E-state index contributed by atoms with van der Waals surface area (Å²) in [6.45, 7) is 8.14. The summed E-state index contributed by atoms with van der Waals surface area (Å²) < 4.78 is 33.0. The van der Waals surface area contributed by atoms with Gasteiger partial charge in [0.15, 0.2) is 6.10 Å². The van der Waals surface area contributed by atoms with Gasteiger partial charge in [-0.25, -0.2) is 0 Å². The summed E-state index contributed by atoms with van der Waals surface area (Å²) in [6, 6.07) is 0. The maximum atomic E-state index is 12.7. The minimum atomic E-state index is -4.62. The van der Waals surface area contributed by atoms with Gasteiger partial charge in [-0.05, 0) is 62.2 Å². The Hall–Kier alpha value is -2.75. The van der Waals surface area contributed by atoms with Crippen LogP contribution in [0.3, 0.4) is 0 Å². The molecule has 2 N–H and O–H groups in total. The highest BCUT2D eigenvalue weighted by molar-refractivity contribution is 7.45. The van der Waals surface area contributed by atoms with Crippen LogP contribution in [0, 0.1) is 47.4 Å². The van der Waals surface area contributed by atoms with E-state index in [1.54, 1.807) is 12.4 Å². The molecule has 2 atom stereocenters. The number of phosphoric acid groups is 1. The molecule has 0 radical (unpaired) electrons. The molecule has 2 unspecified atom stereocenters. The van der Waals surface area contributed by atoms with Crippen LogP contribution in [0.25, 0.3) is 0 Å². The summed E-state index contributed by atoms with van der Waals surface area (Å²) in [5, 5.41) is 1.78. The van der Waals surface area contributed by atoms with Crippen LogP contribution < -0.4 is 10.2 Å². The van der Waals surface area contributed by atoms with Gasteiger partial charge in [-0.15, -0.1) is 0 Å². The van der Waals surface area contributed by atoms with Crippen molar-refractivity contribution in [2.45, 2.75) is 303 Å². The number of esters is 2. The van der Waals surface area contributed by atoms with Gasteiger partial charge in [-0.2, -0.15) is 0 Å². The lowest BCUT2D eigenvalue weighted by Gasteiger charge is -2.25. The van der Waals surface area contributed by atoms with Gasteiger partial charge in [-0.3, -0.25) is 14.2 Å². The van der Waals surface area contributed by atoms with Crippen LogP contribution in [0.2, 0.25) is 0 Å². The summed E-state index contributed by atoms with van der Waals surface area (Å²) in [5.41, 5.74) is 0. The molecule has 0 fully saturated rings. The van der Waals surface area contributed by atoms with Crippen molar-refractivity contribution in [2.24, 2.45) is 0 Å². The lowest BCUT2D eigenvalue weighted by molar-refractivity contribution is -0.627. The second-order valence-electron chi connectivity index (χ2n) is 19.3. The van der Waals surface area contributed by atoms with E-state index in [1.807, 2.05) is 13.8 Å². The molecule has 0 amide bonds. The molecule has 0 aromatic heterocycles. The van der Waals surface area contributed by atoms with E-state index in [1.165, 1.54) is 167 Å². The number of likely N-dealkylation sites (N-methyl/N-ethyl adjacent to an activating group) is 1. The SMILES string of the molecule is CC.CCCCCCCCCCCCCCCCC#CC#CCCCCCCC(=O)OCC(COP(=O)([O-])OCC[NH2+]C)OC(=O)CCCCCCC#CC#CCCCCCCCCCCCCCCCC. The minimum Gasteiger partial charge on any atom is -0.756 e. The molecule has 0 saturated carbocycles. The smallest absolute Gasteiger partial charge is 0.306 e. The first-order chi connectivity index (χ1) is 35.3. The Bertz CT molecular complexity index is 1500. The third-order valence-electron chi connectivity index (χ3n) is 12.5. The first-order valence-electron chi connectivity index (χ1n) is 30.0. The van der Waals surface area contributed by atoms with Crippen molar-refractivity contribution in [2.75, 3.05) is 33.4 Å². The number of rotatable bonds is 50. The summed E-state index contributed by atoms with van der Waals surface area (Å²) in [7, 11) is -2.82. The van der Waals surface area contributed by atoms with Crippen molar-refractivity contribution in [1.82, 2.24) is 0 Å². The molecule has 10 heteroatoms. The molecule has 0 heterocycles. The van der Waals surface area contributed by atoms with Gasteiger partial charge in [0, 0.05) is 38.5 Å². The summed E-state index contributed by atoms with van der Waals surface area (Å²) in [4.78, 5) is 37.4. The molecule has 0 spiro atoms. The predicted molar refractivity (Wildman–Crippen MR) is 301 cm³/mol.